The summed E-state index contributed by atoms with van der Waals surface area (Å²) in [4.78, 5) is 5.11. The predicted octanol–water partition coefficient (Wildman–Crippen LogP) is 20.5. The summed E-state index contributed by atoms with van der Waals surface area (Å²) in [5, 5.41) is 7.69. The van der Waals surface area contributed by atoms with E-state index in [-0.39, 0.29) is 11.8 Å². The maximum Gasteiger partial charge on any atom is 0.0546 e. The Hall–Kier alpha value is -8.46. The molecule has 0 saturated carbocycles. The second kappa shape index (κ2) is 19.0. The smallest absolute Gasteiger partial charge is 0.0546 e. The quantitative estimate of drug-likeness (QED) is 0.113. The number of para-hydroxylation sites is 2. The van der Waals surface area contributed by atoms with E-state index in [1.165, 1.54) is 105 Å². The van der Waals surface area contributed by atoms with Crippen molar-refractivity contribution in [2.75, 3.05) is 9.80 Å². The van der Waals surface area contributed by atoms with Crippen molar-refractivity contribution in [1.29, 1.82) is 0 Å². The van der Waals surface area contributed by atoms with Crippen LogP contribution in [-0.4, -0.2) is 0 Å². The van der Waals surface area contributed by atoms with Gasteiger partial charge in [-0.05, 0) is 139 Å². The second-order valence-electron chi connectivity index (χ2n) is 19.9. The highest BCUT2D eigenvalue weighted by molar-refractivity contribution is 6.29. The average Bonchev–Trinajstić information content (AvgIpc) is 3.44. The van der Waals surface area contributed by atoms with E-state index >= 15 is 0 Å². The summed E-state index contributed by atoms with van der Waals surface area (Å²) < 4.78 is 0. The van der Waals surface area contributed by atoms with Crippen LogP contribution in [0.2, 0.25) is 0 Å². The van der Waals surface area contributed by atoms with Gasteiger partial charge in [-0.3, -0.25) is 0 Å². The summed E-state index contributed by atoms with van der Waals surface area (Å²) in [6.45, 7) is 9.42. The van der Waals surface area contributed by atoms with E-state index < -0.39 is 0 Å². The van der Waals surface area contributed by atoms with Crippen molar-refractivity contribution >= 4 is 72.0 Å². The molecule has 1 aliphatic carbocycles. The van der Waals surface area contributed by atoms with Gasteiger partial charge in [-0.25, -0.2) is 0 Å². The molecule has 0 radical (unpaired) electrons. The molecular formula is C70H58N2. The topological polar surface area (TPSA) is 6.48 Å². The Morgan fingerprint density at radius 2 is 0.750 bits per heavy atom. The fraction of sp³-hybridized carbons (Fsp3) is 0.114. The number of rotatable bonds is 12. The Balaban J connectivity index is 1.19. The Bertz CT molecular complexity index is 3780. The Morgan fingerprint density at radius 3 is 1.18 bits per heavy atom. The summed E-state index contributed by atoms with van der Waals surface area (Å²) in [5.74, 6) is 0.507. The van der Waals surface area contributed by atoms with E-state index in [4.69, 9.17) is 0 Å². The van der Waals surface area contributed by atoms with Crippen LogP contribution >= 0.6 is 0 Å². The molecule has 0 amide bonds. The lowest BCUT2D eigenvalue weighted by Crippen LogP contribution is -2.14. The molecule has 348 valence electrons. The van der Waals surface area contributed by atoms with Gasteiger partial charge in [0.15, 0.2) is 0 Å². The lowest BCUT2D eigenvalue weighted by atomic mass is 9.83. The monoisotopic (exact) mass is 926 g/mol. The van der Waals surface area contributed by atoms with Gasteiger partial charge in [0.25, 0.3) is 0 Å². The van der Waals surface area contributed by atoms with Crippen LogP contribution in [-0.2, 0) is 0 Å². The minimum atomic E-state index is 0.251. The van der Waals surface area contributed by atoms with E-state index in [0.717, 1.165) is 29.9 Å². The molecule has 0 atom stereocenters. The maximum absolute atomic E-state index is 2.57. The lowest BCUT2D eigenvalue weighted by Gasteiger charge is -2.33. The number of anilines is 6. The molecule has 11 aromatic carbocycles. The summed E-state index contributed by atoms with van der Waals surface area (Å²) >= 11 is 0. The van der Waals surface area contributed by atoms with E-state index in [1.807, 2.05) is 0 Å². The predicted molar refractivity (Wildman–Crippen MR) is 310 cm³/mol. The summed E-state index contributed by atoms with van der Waals surface area (Å²) in [6.07, 6.45) is 8.86. The van der Waals surface area contributed by atoms with Gasteiger partial charge in [-0.15, -0.1) is 0 Å². The molecule has 0 aliphatic heterocycles. The first kappa shape index (κ1) is 44.7. The highest BCUT2D eigenvalue weighted by Gasteiger charge is 2.28. The van der Waals surface area contributed by atoms with Gasteiger partial charge in [0, 0.05) is 33.3 Å². The number of nitrogens with zero attached hydrogens (tertiary/aromatic N) is 2. The lowest BCUT2D eigenvalue weighted by molar-refractivity contribution is 0.875. The normalized spacial score (nSPS) is 12.6. The SMILES string of the molecule is CC(C)c1cc(N(c2ccccc2)c2cc(-c3ccccc3)ccc2C2=CC=CCC2)c2ccc3c(C(C)C)cc(N(c4ccccc4)c4cc(-c5ccccc5)ccc4-c4ccccc4)c4ccc1c2c34. The van der Waals surface area contributed by atoms with Gasteiger partial charge in [-0.1, -0.05) is 222 Å². The number of hydrogen-bond donors (Lipinski definition) is 0. The van der Waals surface area contributed by atoms with Crippen LogP contribution in [0.15, 0.2) is 243 Å². The summed E-state index contributed by atoms with van der Waals surface area (Å²) in [6, 6.07) is 83.4. The van der Waals surface area contributed by atoms with E-state index in [2.05, 4.69) is 280 Å². The molecule has 11 aromatic rings. The Morgan fingerprint density at radius 1 is 0.347 bits per heavy atom. The molecule has 72 heavy (non-hydrogen) atoms. The van der Waals surface area contributed by atoms with Crippen molar-refractivity contribution in [3.8, 4) is 33.4 Å². The zero-order chi connectivity index (χ0) is 48.7. The van der Waals surface area contributed by atoms with Gasteiger partial charge in [0.1, 0.15) is 0 Å². The van der Waals surface area contributed by atoms with Gasteiger partial charge in [0.2, 0.25) is 0 Å². The Kier molecular flexibility index (Phi) is 11.8. The molecule has 0 saturated heterocycles. The number of benzene rings is 11. The first-order valence-corrected chi connectivity index (χ1v) is 25.7. The molecule has 2 nitrogen and oxygen atoms in total. The van der Waals surface area contributed by atoms with Gasteiger partial charge >= 0.3 is 0 Å². The van der Waals surface area contributed by atoms with Crippen LogP contribution in [0, 0.1) is 0 Å². The number of hydrogen-bond acceptors (Lipinski definition) is 2. The molecule has 1 aliphatic rings. The fourth-order valence-electron chi connectivity index (χ4n) is 11.3. The van der Waals surface area contributed by atoms with Crippen molar-refractivity contribution in [2.45, 2.75) is 52.4 Å². The third-order valence-electron chi connectivity index (χ3n) is 14.8. The Labute approximate surface area is 424 Å². The molecular weight excluding hydrogens is 869 g/mol. The van der Waals surface area contributed by atoms with Crippen LogP contribution in [0.3, 0.4) is 0 Å². The second-order valence-corrected chi connectivity index (χ2v) is 19.9. The zero-order valence-electron chi connectivity index (χ0n) is 41.6. The van der Waals surface area contributed by atoms with Crippen molar-refractivity contribution in [3.05, 3.63) is 259 Å². The summed E-state index contributed by atoms with van der Waals surface area (Å²) in [7, 11) is 0. The summed E-state index contributed by atoms with van der Waals surface area (Å²) in [5.41, 5.74) is 19.3. The van der Waals surface area contributed by atoms with Crippen molar-refractivity contribution in [3.63, 3.8) is 0 Å². The van der Waals surface area contributed by atoms with Gasteiger partial charge < -0.3 is 9.80 Å². The minimum Gasteiger partial charge on any atom is -0.309 e. The van der Waals surface area contributed by atoms with Crippen molar-refractivity contribution < 1.29 is 0 Å². The maximum atomic E-state index is 2.57. The third kappa shape index (κ3) is 8.04. The van der Waals surface area contributed by atoms with Gasteiger partial charge in [0.05, 0.1) is 22.7 Å². The molecule has 0 heterocycles. The van der Waals surface area contributed by atoms with Crippen LogP contribution in [0.25, 0.3) is 71.3 Å². The zero-order valence-corrected chi connectivity index (χ0v) is 41.6. The van der Waals surface area contributed by atoms with E-state index in [9.17, 15) is 0 Å². The van der Waals surface area contributed by atoms with Crippen molar-refractivity contribution in [2.24, 2.45) is 0 Å². The number of allylic oxidation sites excluding steroid dienone is 4. The molecule has 0 spiro atoms. The minimum absolute atomic E-state index is 0.251. The molecule has 0 aromatic heterocycles. The molecule has 0 N–H and O–H groups in total. The van der Waals surface area contributed by atoms with Gasteiger partial charge in [-0.2, -0.15) is 0 Å². The third-order valence-corrected chi connectivity index (χ3v) is 14.8. The van der Waals surface area contributed by atoms with E-state index in [1.54, 1.807) is 0 Å². The molecule has 12 rings (SSSR count). The average molecular weight is 927 g/mol. The standard InChI is InChI=1S/C70H58N2/c1-47(2)63-45-67(71(55-31-19-9-20-32-55)65-43-53(49-23-11-5-12-24-49)35-37-57(65)51-27-15-7-16-28-51)61-42-40-60-64(48(3)4)46-68(62-41-39-59(63)69(61)70(60)62)72(56-33-21-10-22-34-56)66-44-54(50-25-13-6-14-26-50)36-38-58(66)52-29-17-8-18-30-52/h5-17,19-29,31-48H,18,30H2,1-4H3. The first-order chi connectivity index (χ1) is 35.4. The van der Waals surface area contributed by atoms with Crippen LogP contribution < -0.4 is 9.80 Å². The van der Waals surface area contributed by atoms with Crippen molar-refractivity contribution in [1.82, 2.24) is 0 Å². The van der Waals surface area contributed by atoms with Crippen LogP contribution in [0.4, 0.5) is 34.1 Å². The molecule has 0 bridgehead atoms. The first-order valence-electron chi connectivity index (χ1n) is 25.7. The van der Waals surface area contributed by atoms with Crippen LogP contribution in [0.1, 0.15) is 69.1 Å². The molecule has 0 fully saturated rings. The van der Waals surface area contributed by atoms with Crippen LogP contribution in [0.5, 0.6) is 0 Å². The molecule has 0 unspecified atom stereocenters. The highest BCUT2D eigenvalue weighted by atomic mass is 15.2. The fourth-order valence-corrected chi connectivity index (χ4v) is 11.3. The largest absolute Gasteiger partial charge is 0.309 e. The van der Waals surface area contributed by atoms with E-state index in [0.29, 0.717) is 0 Å². The molecule has 2 heteroatoms. The highest BCUT2D eigenvalue weighted by Crippen LogP contribution is 2.53.